The van der Waals surface area contributed by atoms with Crippen LogP contribution in [-0.2, 0) is 6.54 Å². The fourth-order valence-corrected chi connectivity index (χ4v) is 5.52. The van der Waals surface area contributed by atoms with E-state index in [0.717, 1.165) is 38.3 Å². The maximum Gasteiger partial charge on any atom is 0.263 e. The van der Waals surface area contributed by atoms with Crippen LogP contribution in [0.3, 0.4) is 0 Å². The van der Waals surface area contributed by atoms with E-state index in [-0.39, 0.29) is 11.6 Å². The lowest BCUT2D eigenvalue weighted by Crippen LogP contribution is -2.26. The number of isothiocyanates is 1. The molecule has 0 saturated heterocycles. The molecule has 39 heavy (non-hydrogen) atoms. The van der Waals surface area contributed by atoms with E-state index in [1.54, 1.807) is 10.1 Å². The zero-order chi connectivity index (χ0) is 26.8. The minimum atomic E-state index is -0.262. The molecule has 0 bridgehead atoms. The van der Waals surface area contributed by atoms with Crippen molar-refractivity contribution in [1.29, 1.82) is 0 Å². The van der Waals surface area contributed by atoms with Gasteiger partial charge >= 0.3 is 0 Å². The Morgan fingerprint density at radius 1 is 1.03 bits per heavy atom. The Labute approximate surface area is 233 Å². The van der Waals surface area contributed by atoms with Gasteiger partial charge in [0.25, 0.3) is 5.56 Å². The van der Waals surface area contributed by atoms with Crippen LogP contribution >= 0.6 is 23.6 Å². The van der Waals surface area contributed by atoms with Crippen molar-refractivity contribution < 1.29 is 0 Å². The number of rotatable bonds is 7. The predicted octanol–water partition coefficient (Wildman–Crippen LogP) is 6.83. The highest BCUT2D eigenvalue weighted by atomic mass is 32.1. The first-order valence-corrected chi connectivity index (χ1v) is 13.6. The fourth-order valence-electron chi connectivity index (χ4n) is 4.82. The summed E-state index contributed by atoms with van der Waals surface area (Å²) in [6, 6.07) is 25.5. The molecule has 0 amide bonds. The standard InChI is InChI=1S/C30H22N6OS2/c1-19(35-28-27-29(33-16-32-28)39-18-34-27)25-14-22-9-6-12-24(21-8-5-7-20(13-21)15-31-17-38)26(22)30(37)36(25)23-10-3-2-4-11-23/h2-14,16,18-19H,15H2,1H3,(H,32,33,35). The molecule has 0 spiro atoms. The minimum absolute atomic E-state index is 0.0956. The average molecular weight is 547 g/mol. The Hall–Kier alpha value is -4.56. The summed E-state index contributed by atoms with van der Waals surface area (Å²) in [4.78, 5) is 32.4. The van der Waals surface area contributed by atoms with Crippen LogP contribution in [0, 0.1) is 0 Å². The number of pyridine rings is 1. The van der Waals surface area contributed by atoms with Gasteiger partial charge in [0, 0.05) is 11.4 Å². The van der Waals surface area contributed by atoms with Crippen LogP contribution < -0.4 is 10.9 Å². The van der Waals surface area contributed by atoms with Gasteiger partial charge in [-0.3, -0.25) is 9.36 Å². The van der Waals surface area contributed by atoms with Crippen LogP contribution in [0.25, 0.3) is 37.9 Å². The number of nitrogens with one attached hydrogen (secondary N) is 1. The van der Waals surface area contributed by atoms with E-state index in [4.69, 9.17) is 12.2 Å². The molecule has 1 N–H and O–H groups in total. The summed E-state index contributed by atoms with van der Waals surface area (Å²) in [6.07, 6.45) is 1.53. The Morgan fingerprint density at radius 3 is 2.72 bits per heavy atom. The summed E-state index contributed by atoms with van der Waals surface area (Å²) in [5, 5.41) is 7.40. The van der Waals surface area contributed by atoms with Crippen molar-refractivity contribution >= 4 is 55.7 Å². The lowest BCUT2D eigenvalue weighted by atomic mass is 9.96. The summed E-state index contributed by atoms with van der Waals surface area (Å²) in [5.74, 6) is 0.630. The highest BCUT2D eigenvalue weighted by Crippen LogP contribution is 2.31. The molecule has 0 radical (unpaired) electrons. The summed E-state index contributed by atoms with van der Waals surface area (Å²) in [5.41, 5.74) is 6.77. The summed E-state index contributed by atoms with van der Waals surface area (Å²) < 4.78 is 1.78. The number of aliphatic imine (C=N–C) groups is 1. The molecule has 0 fully saturated rings. The molecule has 0 aliphatic heterocycles. The third kappa shape index (κ3) is 4.75. The predicted molar refractivity (Wildman–Crippen MR) is 161 cm³/mol. The summed E-state index contributed by atoms with van der Waals surface area (Å²) >= 11 is 6.20. The SMILES string of the molecule is CC(Nc1ncnc2scnc12)c1cc2cccc(-c3cccc(CN=C=S)c3)c2c(=O)n1-c1ccccc1. The zero-order valence-electron chi connectivity index (χ0n) is 20.9. The average Bonchev–Trinajstić information content (AvgIpc) is 3.46. The van der Waals surface area contributed by atoms with Gasteiger partial charge in [0.15, 0.2) is 5.82 Å². The smallest absolute Gasteiger partial charge is 0.263 e. The lowest BCUT2D eigenvalue weighted by molar-refractivity contribution is 0.774. The van der Waals surface area contributed by atoms with Crippen LogP contribution in [0.4, 0.5) is 5.82 Å². The molecule has 190 valence electrons. The second-order valence-corrected chi connectivity index (χ2v) is 10.0. The number of anilines is 1. The number of hydrogen-bond acceptors (Lipinski definition) is 8. The van der Waals surface area contributed by atoms with Crippen molar-refractivity contribution in [1.82, 2.24) is 19.5 Å². The molecule has 6 aromatic rings. The third-order valence-electron chi connectivity index (χ3n) is 6.59. The molecule has 7 nitrogen and oxygen atoms in total. The highest BCUT2D eigenvalue weighted by molar-refractivity contribution is 7.78. The normalized spacial score (nSPS) is 11.8. The van der Waals surface area contributed by atoms with Gasteiger partial charge in [0.2, 0.25) is 0 Å². The number of thiocarbonyl (C=S) groups is 1. The molecule has 3 aromatic heterocycles. The van der Waals surface area contributed by atoms with E-state index in [9.17, 15) is 4.79 Å². The van der Waals surface area contributed by atoms with Crippen LogP contribution in [0.5, 0.6) is 0 Å². The van der Waals surface area contributed by atoms with Crippen LogP contribution in [-0.4, -0.2) is 24.7 Å². The number of thiazole rings is 1. The van der Waals surface area contributed by atoms with Crippen molar-refractivity contribution in [2.24, 2.45) is 4.99 Å². The monoisotopic (exact) mass is 546 g/mol. The number of fused-ring (bicyclic) bond motifs is 2. The lowest BCUT2D eigenvalue weighted by Gasteiger charge is -2.22. The van der Waals surface area contributed by atoms with E-state index in [2.05, 4.69) is 36.5 Å². The molecule has 0 saturated carbocycles. The number of hydrogen-bond donors (Lipinski definition) is 1. The van der Waals surface area contributed by atoms with Crippen LogP contribution in [0.1, 0.15) is 24.2 Å². The Morgan fingerprint density at radius 2 is 1.87 bits per heavy atom. The fraction of sp³-hybridized carbons (Fsp3) is 0.100. The largest absolute Gasteiger partial charge is 0.360 e. The van der Waals surface area contributed by atoms with Crippen molar-refractivity contribution in [3.8, 4) is 16.8 Å². The van der Waals surface area contributed by atoms with E-state index < -0.39 is 0 Å². The van der Waals surface area contributed by atoms with Gasteiger partial charge in [-0.05, 0) is 65.5 Å². The van der Waals surface area contributed by atoms with Crippen molar-refractivity contribution in [2.75, 3.05) is 5.32 Å². The molecule has 3 aromatic carbocycles. The van der Waals surface area contributed by atoms with E-state index in [1.807, 2.05) is 79.7 Å². The van der Waals surface area contributed by atoms with E-state index >= 15 is 0 Å². The molecular formula is C30H22N6OS2. The number of para-hydroxylation sites is 1. The second kappa shape index (κ2) is 10.7. The minimum Gasteiger partial charge on any atom is -0.360 e. The van der Waals surface area contributed by atoms with Crippen molar-refractivity contribution in [2.45, 2.75) is 19.5 Å². The van der Waals surface area contributed by atoms with Crippen molar-refractivity contribution in [3.05, 3.63) is 112 Å². The number of nitrogens with zero attached hydrogens (tertiary/aromatic N) is 5. The Balaban J connectivity index is 1.54. The second-order valence-electron chi connectivity index (χ2n) is 9.02. The summed E-state index contributed by atoms with van der Waals surface area (Å²) in [7, 11) is 0. The van der Waals surface area contributed by atoms with E-state index in [0.29, 0.717) is 23.3 Å². The zero-order valence-corrected chi connectivity index (χ0v) is 22.5. The molecule has 0 aliphatic rings. The van der Waals surface area contributed by atoms with Gasteiger partial charge in [-0.25, -0.2) is 19.9 Å². The molecule has 1 unspecified atom stereocenters. The first-order valence-electron chi connectivity index (χ1n) is 12.3. The molecular weight excluding hydrogens is 525 g/mol. The summed E-state index contributed by atoms with van der Waals surface area (Å²) in [6.45, 7) is 2.46. The van der Waals surface area contributed by atoms with Gasteiger partial charge in [-0.2, -0.15) is 0 Å². The molecule has 9 heteroatoms. The number of aromatic nitrogens is 4. The Kier molecular flexibility index (Phi) is 6.77. The van der Waals surface area contributed by atoms with Gasteiger partial charge in [0.05, 0.1) is 28.6 Å². The molecule has 3 heterocycles. The quantitative estimate of drug-likeness (QED) is 0.174. The molecule has 1 atom stereocenters. The third-order valence-corrected chi connectivity index (χ3v) is 7.45. The molecule has 6 rings (SSSR count). The molecule has 0 aliphatic carbocycles. The first-order chi connectivity index (χ1) is 19.1. The topological polar surface area (TPSA) is 85.1 Å². The van der Waals surface area contributed by atoms with Crippen LogP contribution in [0.15, 0.2) is 100 Å². The Bertz CT molecular complexity index is 1930. The van der Waals surface area contributed by atoms with Gasteiger partial charge in [-0.15, -0.1) is 11.3 Å². The maximum absolute atomic E-state index is 14.4. The van der Waals surface area contributed by atoms with Gasteiger partial charge in [0.1, 0.15) is 16.7 Å². The first kappa shape index (κ1) is 24.8. The van der Waals surface area contributed by atoms with Crippen molar-refractivity contribution in [3.63, 3.8) is 0 Å². The maximum atomic E-state index is 14.4. The van der Waals surface area contributed by atoms with Gasteiger partial charge < -0.3 is 5.32 Å². The highest BCUT2D eigenvalue weighted by Gasteiger charge is 2.20. The van der Waals surface area contributed by atoms with Crippen LogP contribution in [0.2, 0.25) is 0 Å². The number of benzene rings is 3. The van der Waals surface area contributed by atoms with E-state index in [1.165, 1.54) is 17.7 Å². The van der Waals surface area contributed by atoms with Gasteiger partial charge in [-0.1, -0.05) is 54.6 Å².